The van der Waals surface area contributed by atoms with Gasteiger partial charge in [-0.25, -0.2) is 4.79 Å². The number of rotatable bonds is 5. The highest BCUT2D eigenvalue weighted by Crippen LogP contribution is 2.24. The normalized spacial score (nSPS) is 15.6. The van der Waals surface area contributed by atoms with E-state index in [-0.39, 0.29) is 18.0 Å². The minimum Gasteiger partial charge on any atom is -0.457 e. The van der Waals surface area contributed by atoms with Crippen molar-refractivity contribution in [2.75, 3.05) is 6.54 Å². The van der Waals surface area contributed by atoms with Crippen molar-refractivity contribution in [3.63, 3.8) is 0 Å². The molecule has 0 unspecified atom stereocenters. The van der Waals surface area contributed by atoms with Gasteiger partial charge in [-0.3, -0.25) is 14.5 Å². The van der Waals surface area contributed by atoms with Crippen LogP contribution in [-0.4, -0.2) is 29.2 Å². The molecule has 2 aromatic rings. The smallest absolute Gasteiger partial charge is 0.329 e. The van der Waals surface area contributed by atoms with Crippen molar-refractivity contribution < 1.29 is 18.8 Å². The molecule has 1 aromatic carbocycles. The molecule has 25 heavy (non-hydrogen) atoms. The number of amides is 3. The van der Waals surface area contributed by atoms with Crippen LogP contribution in [0.1, 0.15) is 23.0 Å². The van der Waals surface area contributed by atoms with Crippen LogP contribution in [0.4, 0.5) is 4.79 Å². The lowest BCUT2D eigenvalue weighted by Gasteiger charge is -2.06. The van der Waals surface area contributed by atoms with Crippen LogP contribution in [0.5, 0.6) is 0 Å². The first-order valence-corrected chi connectivity index (χ1v) is 7.66. The van der Waals surface area contributed by atoms with E-state index in [2.05, 4.69) is 11.9 Å². The lowest BCUT2D eigenvalue weighted by Crippen LogP contribution is -2.30. The molecule has 2 heterocycles. The predicted octanol–water partition coefficient (Wildman–Crippen LogP) is 3.23. The monoisotopic (exact) mass is 336 g/mol. The number of urea groups is 1. The van der Waals surface area contributed by atoms with Gasteiger partial charge in [-0.1, -0.05) is 30.3 Å². The van der Waals surface area contributed by atoms with Gasteiger partial charge in [-0.2, -0.15) is 0 Å². The standard InChI is InChI=1S/C19H16N2O4/c1-3-10-21-18(23)16(20-19(21)24)11-15-8-9-17(25-15)14-6-4-13(5-7-14)12(2)22/h3-9,11H,1,10H2,2H3,(H,20,24)/b16-11+. The van der Waals surface area contributed by atoms with Crippen molar-refractivity contribution in [1.29, 1.82) is 0 Å². The molecule has 6 nitrogen and oxygen atoms in total. The van der Waals surface area contributed by atoms with E-state index in [0.717, 1.165) is 10.5 Å². The molecule has 0 spiro atoms. The summed E-state index contributed by atoms with van der Waals surface area (Å²) in [6.45, 7) is 5.18. The summed E-state index contributed by atoms with van der Waals surface area (Å²) in [6, 6.07) is 10.0. The highest BCUT2D eigenvalue weighted by atomic mass is 16.3. The zero-order valence-electron chi connectivity index (χ0n) is 13.6. The molecule has 0 radical (unpaired) electrons. The molecule has 3 amide bonds. The summed E-state index contributed by atoms with van der Waals surface area (Å²) in [5.74, 6) is 0.612. The lowest BCUT2D eigenvalue weighted by atomic mass is 10.1. The van der Waals surface area contributed by atoms with Crippen LogP contribution in [0.25, 0.3) is 17.4 Å². The van der Waals surface area contributed by atoms with Crippen molar-refractivity contribution in [3.05, 3.63) is 66.1 Å². The van der Waals surface area contributed by atoms with E-state index in [9.17, 15) is 14.4 Å². The molecular weight excluding hydrogens is 320 g/mol. The summed E-state index contributed by atoms with van der Waals surface area (Å²) in [7, 11) is 0. The Bertz CT molecular complexity index is 890. The second-order valence-corrected chi connectivity index (χ2v) is 5.53. The number of nitrogens with one attached hydrogen (secondary N) is 1. The molecule has 3 rings (SSSR count). The van der Waals surface area contributed by atoms with Crippen LogP contribution in [0.3, 0.4) is 0 Å². The first-order chi connectivity index (χ1) is 12.0. The zero-order chi connectivity index (χ0) is 18.0. The van der Waals surface area contributed by atoms with Gasteiger partial charge in [0.15, 0.2) is 5.78 Å². The van der Waals surface area contributed by atoms with E-state index < -0.39 is 11.9 Å². The number of benzene rings is 1. The number of imide groups is 1. The van der Waals surface area contributed by atoms with E-state index in [4.69, 9.17) is 4.42 Å². The summed E-state index contributed by atoms with van der Waals surface area (Å²) in [4.78, 5) is 36.2. The van der Waals surface area contributed by atoms with Gasteiger partial charge in [-0.15, -0.1) is 6.58 Å². The maximum Gasteiger partial charge on any atom is 0.329 e. The minimum atomic E-state index is -0.484. The summed E-state index contributed by atoms with van der Waals surface area (Å²) >= 11 is 0. The number of hydrogen-bond acceptors (Lipinski definition) is 4. The molecule has 1 fully saturated rings. The number of carbonyl (C=O) groups is 3. The Kier molecular flexibility index (Phi) is 4.35. The second kappa shape index (κ2) is 6.60. The van der Waals surface area contributed by atoms with Gasteiger partial charge in [0.25, 0.3) is 5.91 Å². The molecule has 1 N–H and O–H groups in total. The van der Waals surface area contributed by atoms with Crippen LogP contribution in [0.2, 0.25) is 0 Å². The average Bonchev–Trinajstić information content (AvgIpc) is 3.16. The Labute approximate surface area is 144 Å². The first kappa shape index (κ1) is 16.4. The van der Waals surface area contributed by atoms with Crippen molar-refractivity contribution >= 4 is 23.8 Å². The molecule has 0 bridgehead atoms. The van der Waals surface area contributed by atoms with Crippen LogP contribution in [0, 0.1) is 0 Å². The van der Waals surface area contributed by atoms with E-state index in [1.165, 1.54) is 19.1 Å². The highest BCUT2D eigenvalue weighted by Gasteiger charge is 2.32. The molecule has 0 saturated carbocycles. The quantitative estimate of drug-likeness (QED) is 0.393. The van der Waals surface area contributed by atoms with Gasteiger partial charge in [0.2, 0.25) is 0 Å². The summed E-state index contributed by atoms with van der Waals surface area (Å²) in [5.41, 5.74) is 1.59. The molecule has 1 saturated heterocycles. The third-order valence-corrected chi connectivity index (χ3v) is 3.76. The Balaban J connectivity index is 1.82. The molecule has 0 aliphatic carbocycles. The van der Waals surface area contributed by atoms with Gasteiger partial charge in [0, 0.05) is 23.7 Å². The fourth-order valence-electron chi connectivity index (χ4n) is 2.46. The SMILES string of the molecule is C=CCN1C(=O)N/C(=C/c2ccc(-c3ccc(C(C)=O)cc3)o2)C1=O. The summed E-state index contributed by atoms with van der Waals surface area (Å²) in [5, 5.41) is 2.51. The van der Waals surface area contributed by atoms with Crippen LogP contribution in [-0.2, 0) is 4.79 Å². The Morgan fingerprint density at radius 2 is 1.92 bits per heavy atom. The van der Waals surface area contributed by atoms with Gasteiger partial charge in [0.05, 0.1) is 0 Å². The Morgan fingerprint density at radius 3 is 2.56 bits per heavy atom. The fourth-order valence-corrected chi connectivity index (χ4v) is 2.46. The molecule has 1 aliphatic rings. The molecule has 1 aliphatic heterocycles. The maximum atomic E-state index is 12.1. The van der Waals surface area contributed by atoms with Gasteiger partial charge >= 0.3 is 6.03 Å². The van der Waals surface area contributed by atoms with Crippen molar-refractivity contribution in [3.8, 4) is 11.3 Å². The van der Waals surface area contributed by atoms with E-state index in [1.54, 1.807) is 36.4 Å². The number of furan rings is 1. The largest absolute Gasteiger partial charge is 0.457 e. The fraction of sp³-hybridized carbons (Fsp3) is 0.105. The van der Waals surface area contributed by atoms with Gasteiger partial charge < -0.3 is 9.73 Å². The van der Waals surface area contributed by atoms with Crippen molar-refractivity contribution in [2.45, 2.75) is 6.92 Å². The van der Waals surface area contributed by atoms with Crippen molar-refractivity contribution in [1.82, 2.24) is 10.2 Å². The molecule has 1 aromatic heterocycles. The van der Waals surface area contributed by atoms with Crippen molar-refractivity contribution in [2.24, 2.45) is 0 Å². The molecular formula is C19H16N2O4. The van der Waals surface area contributed by atoms with Gasteiger partial charge in [0.1, 0.15) is 17.2 Å². The lowest BCUT2D eigenvalue weighted by molar-refractivity contribution is -0.122. The Hall–Kier alpha value is -3.41. The number of hydrogen-bond donors (Lipinski definition) is 1. The summed E-state index contributed by atoms with van der Waals surface area (Å²) in [6.07, 6.45) is 2.97. The number of Topliss-reactive ketones (excluding diaryl/α,β-unsaturated/α-hetero) is 1. The molecule has 126 valence electrons. The minimum absolute atomic E-state index is 0.00372. The molecule has 0 atom stereocenters. The first-order valence-electron chi connectivity index (χ1n) is 7.66. The van der Waals surface area contributed by atoms with Crippen LogP contribution in [0.15, 0.2) is 59.2 Å². The van der Waals surface area contributed by atoms with E-state index >= 15 is 0 Å². The topological polar surface area (TPSA) is 79.6 Å². The maximum absolute atomic E-state index is 12.1. The third-order valence-electron chi connectivity index (χ3n) is 3.76. The third kappa shape index (κ3) is 3.28. The average molecular weight is 336 g/mol. The summed E-state index contributed by atoms with van der Waals surface area (Å²) < 4.78 is 5.71. The van der Waals surface area contributed by atoms with Crippen LogP contribution >= 0.6 is 0 Å². The highest BCUT2D eigenvalue weighted by molar-refractivity contribution is 6.13. The number of carbonyl (C=O) groups excluding carboxylic acids is 3. The molecule has 6 heteroatoms. The zero-order valence-corrected chi connectivity index (χ0v) is 13.6. The number of ketones is 1. The second-order valence-electron chi connectivity index (χ2n) is 5.53. The van der Waals surface area contributed by atoms with E-state index in [0.29, 0.717) is 17.1 Å². The van der Waals surface area contributed by atoms with Crippen LogP contribution < -0.4 is 5.32 Å². The van der Waals surface area contributed by atoms with Gasteiger partial charge in [-0.05, 0) is 19.1 Å². The van der Waals surface area contributed by atoms with E-state index in [1.807, 2.05) is 0 Å². The Morgan fingerprint density at radius 1 is 1.20 bits per heavy atom. The predicted molar refractivity (Wildman–Crippen MR) is 92.6 cm³/mol. The number of nitrogens with zero attached hydrogens (tertiary/aromatic N) is 1.